The van der Waals surface area contributed by atoms with E-state index in [1.165, 1.54) is 5.01 Å². The van der Waals surface area contributed by atoms with E-state index in [2.05, 4.69) is 15.3 Å². The van der Waals surface area contributed by atoms with Gasteiger partial charge in [-0.1, -0.05) is 12.1 Å². The molecule has 122 valence electrons. The Hall–Kier alpha value is -2.38. The van der Waals surface area contributed by atoms with Gasteiger partial charge in [-0.15, -0.1) is 0 Å². The van der Waals surface area contributed by atoms with Gasteiger partial charge in [-0.2, -0.15) is 4.98 Å². The predicted molar refractivity (Wildman–Crippen MR) is 91.1 cm³/mol. The second kappa shape index (κ2) is 6.80. The van der Waals surface area contributed by atoms with E-state index in [1.807, 2.05) is 18.2 Å². The molecule has 1 aliphatic carbocycles. The molecule has 2 aromatic rings. The molecule has 1 aromatic heterocycles. The molecule has 0 saturated heterocycles. The number of hydrogen-bond donors (Lipinski definition) is 4. The molecule has 1 fully saturated rings. The smallest absolute Gasteiger partial charge is 0.224 e. The minimum Gasteiger partial charge on any atom is -0.397 e. The molecule has 23 heavy (non-hydrogen) atoms. The van der Waals surface area contributed by atoms with Crippen molar-refractivity contribution in [2.45, 2.75) is 37.8 Å². The van der Waals surface area contributed by atoms with Gasteiger partial charge >= 0.3 is 0 Å². The molecule has 0 unspecified atom stereocenters. The fraction of sp³-hybridized carbons (Fsp3) is 0.375. The van der Waals surface area contributed by atoms with Crippen molar-refractivity contribution in [1.82, 2.24) is 9.97 Å². The summed E-state index contributed by atoms with van der Waals surface area (Å²) in [5.41, 5.74) is 7.23. The number of nitrogens with two attached hydrogens (primary N) is 2. The van der Waals surface area contributed by atoms with Gasteiger partial charge in [0.1, 0.15) is 0 Å². The number of rotatable bonds is 4. The van der Waals surface area contributed by atoms with Crippen LogP contribution in [0.5, 0.6) is 0 Å². The molecular formula is C16H22N6O. The van der Waals surface area contributed by atoms with E-state index in [0.717, 1.165) is 25.7 Å². The molecule has 0 amide bonds. The highest BCUT2D eigenvalue weighted by molar-refractivity contribution is 5.72. The zero-order valence-electron chi connectivity index (χ0n) is 12.9. The SMILES string of the molecule is Nc1ccccc1N(N)c1ccnc(NC2CCC(O)CC2)n1. The molecule has 7 nitrogen and oxygen atoms in total. The Morgan fingerprint density at radius 1 is 1.13 bits per heavy atom. The number of nitrogens with zero attached hydrogens (tertiary/aromatic N) is 3. The van der Waals surface area contributed by atoms with Crippen molar-refractivity contribution < 1.29 is 5.11 Å². The fourth-order valence-electron chi connectivity index (χ4n) is 2.79. The normalized spacial score (nSPS) is 21.0. The van der Waals surface area contributed by atoms with Crippen LogP contribution in [0, 0.1) is 0 Å². The highest BCUT2D eigenvalue weighted by Crippen LogP contribution is 2.26. The summed E-state index contributed by atoms with van der Waals surface area (Å²) < 4.78 is 0. The number of aliphatic hydroxyl groups is 1. The lowest BCUT2D eigenvalue weighted by Crippen LogP contribution is -2.30. The first-order valence-electron chi connectivity index (χ1n) is 7.80. The Bertz CT molecular complexity index is 657. The van der Waals surface area contributed by atoms with E-state index in [9.17, 15) is 5.11 Å². The number of aliphatic hydroxyl groups excluding tert-OH is 1. The van der Waals surface area contributed by atoms with Crippen molar-refractivity contribution in [1.29, 1.82) is 0 Å². The molecule has 0 radical (unpaired) electrons. The molecule has 1 aromatic carbocycles. The van der Waals surface area contributed by atoms with Crippen LogP contribution in [-0.4, -0.2) is 27.2 Å². The van der Waals surface area contributed by atoms with E-state index in [4.69, 9.17) is 11.6 Å². The number of hydrogen-bond acceptors (Lipinski definition) is 7. The van der Waals surface area contributed by atoms with E-state index in [0.29, 0.717) is 23.1 Å². The Morgan fingerprint density at radius 2 is 1.87 bits per heavy atom. The third-order valence-electron chi connectivity index (χ3n) is 4.11. The van der Waals surface area contributed by atoms with Crippen molar-refractivity contribution in [3.05, 3.63) is 36.5 Å². The summed E-state index contributed by atoms with van der Waals surface area (Å²) in [6.45, 7) is 0. The fourth-order valence-corrected chi connectivity index (χ4v) is 2.79. The van der Waals surface area contributed by atoms with Crippen LogP contribution in [0.2, 0.25) is 0 Å². The van der Waals surface area contributed by atoms with Crippen LogP contribution in [-0.2, 0) is 0 Å². The average Bonchev–Trinajstić information content (AvgIpc) is 2.57. The van der Waals surface area contributed by atoms with Crippen LogP contribution < -0.4 is 21.9 Å². The monoisotopic (exact) mass is 314 g/mol. The Labute approximate surface area is 135 Å². The number of nitrogens with one attached hydrogen (secondary N) is 1. The van der Waals surface area contributed by atoms with Gasteiger partial charge in [-0.3, -0.25) is 5.01 Å². The predicted octanol–water partition coefficient (Wildman–Crippen LogP) is 1.79. The quantitative estimate of drug-likeness (QED) is 0.386. The first-order valence-corrected chi connectivity index (χ1v) is 7.80. The number of para-hydroxylation sites is 2. The molecule has 3 rings (SSSR count). The van der Waals surface area contributed by atoms with Gasteiger partial charge < -0.3 is 16.2 Å². The van der Waals surface area contributed by atoms with Crippen molar-refractivity contribution in [3.63, 3.8) is 0 Å². The molecule has 0 atom stereocenters. The number of hydrazine groups is 1. The lowest BCUT2D eigenvalue weighted by atomic mass is 9.93. The van der Waals surface area contributed by atoms with Crippen LogP contribution in [0.3, 0.4) is 0 Å². The molecule has 1 aliphatic rings. The van der Waals surface area contributed by atoms with Crippen molar-refractivity contribution in [2.75, 3.05) is 16.1 Å². The lowest BCUT2D eigenvalue weighted by Gasteiger charge is -2.26. The topological polar surface area (TPSA) is 113 Å². The largest absolute Gasteiger partial charge is 0.397 e. The molecule has 7 heteroatoms. The van der Waals surface area contributed by atoms with Gasteiger partial charge in [0.25, 0.3) is 0 Å². The number of anilines is 4. The summed E-state index contributed by atoms with van der Waals surface area (Å²) in [7, 11) is 0. The van der Waals surface area contributed by atoms with Crippen molar-refractivity contribution in [3.8, 4) is 0 Å². The third-order valence-corrected chi connectivity index (χ3v) is 4.11. The molecule has 0 spiro atoms. The van der Waals surface area contributed by atoms with Gasteiger partial charge in [0, 0.05) is 18.3 Å². The second-order valence-electron chi connectivity index (χ2n) is 5.82. The van der Waals surface area contributed by atoms with E-state index in [1.54, 1.807) is 18.3 Å². The van der Waals surface area contributed by atoms with Crippen LogP contribution in [0.4, 0.5) is 23.1 Å². The summed E-state index contributed by atoms with van der Waals surface area (Å²) in [6, 6.07) is 9.39. The minimum absolute atomic E-state index is 0.180. The van der Waals surface area contributed by atoms with Gasteiger partial charge in [-0.25, -0.2) is 10.8 Å². The number of nitrogen functional groups attached to an aromatic ring is 1. The molecule has 1 heterocycles. The first-order chi connectivity index (χ1) is 11.1. The molecule has 6 N–H and O–H groups in total. The van der Waals surface area contributed by atoms with E-state index >= 15 is 0 Å². The third kappa shape index (κ3) is 3.69. The average molecular weight is 314 g/mol. The molecular weight excluding hydrogens is 292 g/mol. The number of benzene rings is 1. The maximum absolute atomic E-state index is 9.57. The van der Waals surface area contributed by atoms with Crippen LogP contribution >= 0.6 is 0 Å². The summed E-state index contributed by atoms with van der Waals surface area (Å²) in [6.07, 6.45) is 4.92. The summed E-state index contributed by atoms with van der Waals surface area (Å²) in [4.78, 5) is 8.72. The molecule has 1 saturated carbocycles. The Balaban J connectivity index is 1.73. The second-order valence-corrected chi connectivity index (χ2v) is 5.82. The lowest BCUT2D eigenvalue weighted by molar-refractivity contribution is 0.126. The minimum atomic E-state index is -0.180. The van der Waals surface area contributed by atoms with Crippen LogP contribution in [0.1, 0.15) is 25.7 Å². The Morgan fingerprint density at radius 3 is 2.61 bits per heavy atom. The zero-order chi connectivity index (χ0) is 16.2. The van der Waals surface area contributed by atoms with Gasteiger partial charge in [0.05, 0.1) is 17.5 Å². The molecule has 0 aliphatic heterocycles. The summed E-state index contributed by atoms with van der Waals surface area (Å²) in [5, 5.41) is 14.3. The highest BCUT2D eigenvalue weighted by Gasteiger charge is 2.20. The van der Waals surface area contributed by atoms with E-state index in [-0.39, 0.29) is 12.1 Å². The Kier molecular flexibility index (Phi) is 4.59. The van der Waals surface area contributed by atoms with Crippen LogP contribution in [0.25, 0.3) is 0 Å². The van der Waals surface area contributed by atoms with Crippen LogP contribution in [0.15, 0.2) is 36.5 Å². The number of aromatic nitrogens is 2. The standard InChI is InChI=1S/C16H22N6O/c17-13-3-1-2-4-14(13)22(18)15-9-10-19-16(21-15)20-11-5-7-12(23)8-6-11/h1-4,9-12,23H,5-8,17-18H2,(H,19,20,21). The van der Waals surface area contributed by atoms with Crippen molar-refractivity contribution >= 4 is 23.1 Å². The molecule has 0 bridgehead atoms. The highest BCUT2D eigenvalue weighted by atomic mass is 16.3. The van der Waals surface area contributed by atoms with Crippen molar-refractivity contribution in [2.24, 2.45) is 5.84 Å². The van der Waals surface area contributed by atoms with Gasteiger partial charge in [0.2, 0.25) is 5.95 Å². The maximum Gasteiger partial charge on any atom is 0.224 e. The van der Waals surface area contributed by atoms with Gasteiger partial charge in [0.15, 0.2) is 5.82 Å². The van der Waals surface area contributed by atoms with Gasteiger partial charge in [-0.05, 0) is 37.8 Å². The van der Waals surface area contributed by atoms with E-state index < -0.39 is 0 Å². The zero-order valence-corrected chi connectivity index (χ0v) is 12.9. The summed E-state index contributed by atoms with van der Waals surface area (Å²) in [5.74, 6) is 7.24. The summed E-state index contributed by atoms with van der Waals surface area (Å²) >= 11 is 0. The first kappa shape index (κ1) is 15.5. The maximum atomic E-state index is 9.57.